The molecule has 0 bridgehead atoms. The summed E-state index contributed by atoms with van der Waals surface area (Å²) in [7, 11) is 0. The third kappa shape index (κ3) is 3.01. The number of nitrogens with one attached hydrogen (secondary N) is 2. The summed E-state index contributed by atoms with van der Waals surface area (Å²) in [5.74, 6) is 0.0609. The maximum Gasteiger partial charge on any atom is 0.235 e. The topological polar surface area (TPSA) is 44.9 Å². The van der Waals surface area contributed by atoms with Gasteiger partial charge in [-0.25, -0.2) is 0 Å². The first-order valence-corrected chi connectivity index (χ1v) is 9.36. The van der Waals surface area contributed by atoms with Crippen molar-refractivity contribution in [3.05, 3.63) is 64.8 Å². The van der Waals surface area contributed by atoms with Crippen LogP contribution < -0.4 is 5.32 Å². The van der Waals surface area contributed by atoms with E-state index in [2.05, 4.69) is 37.1 Å². The summed E-state index contributed by atoms with van der Waals surface area (Å²) >= 11 is 5.98. The Kier molecular flexibility index (Phi) is 3.89. The van der Waals surface area contributed by atoms with Crippen molar-refractivity contribution >= 4 is 34.1 Å². The average molecular weight is 369 g/mol. The van der Waals surface area contributed by atoms with Crippen molar-refractivity contribution in [2.45, 2.75) is 44.4 Å². The number of rotatable bonds is 3. The minimum absolute atomic E-state index is 0. The molecule has 1 fully saturated rings. The van der Waals surface area contributed by atoms with E-state index in [-0.39, 0.29) is 12.7 Å². The van der Waals surface area contributed by atoms with Crippen LogP contribution in [0.3, 0.4) is 0 Å². The van der Waals surface area contributed by atoms with E-state index in [0.29, 0.717) is 5.02 Å². The van der Waals surface area contributed by atoms with Gasteiger partial charge in [0, 0.05) is 34.1 Å². The summed E-state index contributed by atoms with van der Waals surface area (Å²) in [5, 5.41) is 4.92. The third-order valence-electron chi connectivity index (χ3n) is 5.27. The molecule has 26 heavy (non-hydrogen) atoms. The van der Waals surface area contributed by atoms with E-state index in [1.165, 1.54) is 5.69 Å². The summed E-state index contributed by atoms with van der Waals surface area (Å²) in [6.07, 6.45) is 1.75. The van der Waals surface area contributed by atoms with E-state index < -0.39 is 5.41 Å². The molecule has 3 aromatic rings. The van der Waals surface area contributed by atoms with E-state index in [4.69, 9.17) is 11.6 Å². The van der Waals surface area contributed by atoms with Gasteiger partial charge in [-0.1, -0.05) is 44.5 Å². The summed E-state index contributed by atoms with van der Waals surface area (Å²) < 4.78 is 0. The zero-order valence-electron chi connectivity index (χ0n) is 15.3. The van der Waals surface area contributed by atoms with Crippen LogP contribution in [-0.4, -0.2) is 10.9 Å². The van der Waals surface area contributed by atoms with Gasteiger partial charge in [0.1, 0.15) is 0 Å². The lowest BCUT2D eigenvalue weighted by Gasteiger charge is -2.16. The molecule has 4 rings (SSSR count). The molecular weight excluding hydrogens is 344 g/mol. The zero-order chi connectivity index (χ0) is 18.5. The number of hydrogen-bond donors (Lipinski definition) is 2. The molecule has 4 heteroatoms. The highest BCUT2D eigenvalue weighted by molar-refractivity contribution is 6.30. The molecule has 2 aromatic carbocycles. The molecule has 0 radical (unpaired) electrons. The molecule has 1 amide bonds. The monoisotopic (exact) mass is 368 g/mol. The lowest BCUT2D eigenvalue weighted by Crippen LogP contribution is -2.27. The standard InChI is InChI=1S/C22H23ClN2O.H2/c1-21(2,3)19-13-14-12-17(8-9-18(14)25-19)24-20(26)22(10-11-22)15-4-6-16(23)7-5-15;/h4-9,12-13,25H,10-11H2,1-3H3,(H,24,26);1H. The second-order valence-electron chi connectivity index (χ2n) is 8.28. The van der Waals surface area contributed by atoms with Crippen LogP contribution in [0.4, 0.5) is 5.69 Å². The first kappa shape index (κ1) is 17.2. The first-order valence-electron chi connectivity index (χ1n) is 8.99. The van der Waals surface area contributed by atoms with Crippen LogP contribution in [0.5, 0.6) is 0 Å². The molecule has 1 aliphatic rings. The lowest BCUT2D eigenvalue weighted by molar-refractivity contribution is -0.118. The van der Waals surface area contributed by atoms with Gasteiger partial charge in [0.15, 0.2) is 0 Å². The second-order valence-corrected chi connectivity index (χ2v) is 8.71. The molecule has 3 nitrogen and oxygen atoms in total. The number of hydrogen-bond acceptors (Lipinski definition) is 1. The Balaban J connectivity index is 0.00000210. The van der Waals surface area contributed by atoms with Crippen molar-refractivity contribution in [3.63, 3.8) is 0 Å². The van der Waals surface area contributed by atoms with Gasteiger partial charge in [0.2, 0.25) is 5.91 Å². The van der Waals surface area contributed by atoms with E-state index in [1.807, 2.05) is 42.5 Å². The maximum absolute atomic E-state index is 12.9. The molecule has 2 N–H and O–H groups in total. The number of aromatic nitrogens is 1. The molecule has 0 saturated heterocycles. The largest absolute Gasteiger partial charge is 0.358 e. The molecule has 1 saturated carbocycles. The van der Waals surface area contributed by atoms with E-state index in [9.17, 15) is 4.79 Å². The van der Waals surface area contributed by atoms with E-state index in [0.717, 1.165) is 35.0 Å². The Hall–Kier alpha value is -2.26. The number of halogens is 1. The number of carbonyl (C=O) groups is 1. The molecule has 0 atom stereocenters. The van der Waals surface area contributed by atoms with Crippen molar-refractivity contribution in [1.82, 2.24) is 4.98 Å². The van der Waals surface area contributed by atoms with Gasteiger partial charge < -0.3 is 10.3 Å². The van der Waals surface area contributed by atoms with Crippen molar-refractivity contribution < 1.29 is 6.22 Å². The second kappa shape index (κ2) is 5.88. The van der Waals surface area contributed by atoms with Crippen LogP contribution in [0.2, 0.25) is 5.02 Å². The van der Waals surface area contributed by atoms with Gasteiger partial charge >= 0.3 is 0 Å². The normalized spacial score (nSPS) is 15.8. The smallest absolute Gasteiger partial charge is 0.235 e. The first-order chi connectivity index (χ1) is 12.3. The van der Waals surface area contributed by atoms with Crippen LogP contribution in [0.1, 0.15) is 46.3 Å². The van der Waals surface area contributed by atoms with Crippen molar-refractivity contribution in [2.24, 2.45) is 0 Å². The summed E-state index contributed by atoms with van der Waals surface area (Å²) in [6.45, 7) is 6.55. The molecule has 1 aliphatic carbocycles. The van der Waals surface area contributed by atoms with Crippen LogP contribution in [0.15, 0.2) is 48.5 Å². The minimum atomic E-state index is -0.408. The number of amides is 1. The number of aromatic amines is 1. The quantitative estimate of drug-likeness (QED) is 0.582. The Morgan fingerprint density at radius 1 is 1.12 bits per heavy atom. The lowest BCUT2D eigenvalue weighted by atomic mass is 9.92. The molecule has 1 heterocycles. The van der Waals surface area contributed by atoms with Crippen LogP contribution in [0.25, 0.3) is 10.9 Å². The number of fused-ring (bicyclic) bond motifs is 1. The number of carbonyl (C=O) groups excluding carboxylic acids is 1. The Morgan fingerprint density at radius 3 is 2.42 bits per heavy atom. The number of H-pyrrole nitrogens is 1. The highest BCUT2D eigenvalue weighted by Crippen LogP contribution is 2.49. The van der Waals surface area contributed by atoms with Crippen LogP contribution in [0, 0.1) is 0 Å². The Bertz CT molecular complexity index is 982. The SMILES string of the molecule is CC(C)(C)c1cc2cc(NC(=O)C3(c4ccc(Cl)cc4)CC3)ccc2[nH]1.[HH]. The van der Waals surface area contributed by atoms with Crippen LogP contribution in [-0.2, 0) is 15.6 Å². The Morgan fingerprint density at radius 2 is 1.81 bits per heavy atom. The fourth-order valence-corrected chi connectivity index (χ4v) is 3.53. The van der Waals surface area contributed by atoms with Gasteiger partial charge in [0.25, 0.3) is 0 Å². The van der Waals surface area contributed by atoms with E-state index in [1.54, 1.807) is 0 Å². The summed E-state index contributed by atoms with van der Waals surface area (Å²) in [6, 6.07) is 15.8. The van der Waals surface area contributed by atoms with Crippen molar-refractivity contribution in [2.75, 3.05) is 5.32 Å². The van der Waals surface area contributed by atoms with Gasteiger partial charge in [-0.3, -0.25) is 4.79 Å². The summed E-state index contributed by atoms with van der Waals surface area (Å²) in [4.78, 5) is 16.4. The summed E-state index contributed by atoms with van der Waals surface area (Å²) in [5.41, 5.74) is 3.81. The van der Waals surface area contributed by atoms with Gasteiger partial charge in [-0.2, -0.15) is 0 Å². The molecule has 0 aliphatic heterocycles. The molecule has 136 valence electrons. The molecule has 0 unspecified atom stereocenters. The molecule has 1 aromatic heterocycles. The zero-order valence-corrected chi connectivity index (χ0v) is 16.1. The van der Waals surface area contributed by atoms with Gasteiger partial charge in [-0.15, -0.1) is 0 Å². The van der Waals surface area contributed by atoms with Crippen molar-refractivity contribution in [1.29, 1.82) is 0 Å². The highest BCUT2D eigenvalue weighted by atomic mass is 35.5. The highest BCUT2D eigenvalue weighted by Gasteiger charge is 2.51. The van der Waals surface area contributed by atoms with Crippen LogP contribution >= 0.6 is 11.6 Å². The third-order valence-corrected chi connectivity index (χ3v) is 5.52. The van der Waals surface area contributed by atoms with E-state index >= 15 is 0 Å². The van der Waals surface area contributed by atoms with Gasteiger partial charge in [0.05, 0.1) is 5.41 Å². The minimum Gasteiger partial charge on any atom is -0.358 e. The average Bonchev–Trinajstić information content (AvgIpc) is 3.27. The predicted octanol–water partition coefficient (Wildman–Crippen LogP) is 6.04. The fourth-order valence-electron chi connectivity index (χ4n) is 3.41. The number of benzene rings is 2. The maximum atomic E-state index is 12.9. The van der Waals surface area contributed by atoms with Gasteiger partial charge in [-0.05, 0) is 54.8 Å². The van der Waals surface area contributed by atoms with Crippen molar-refractivity contribution in [3.8, 4) is 0 Å². The predicted molar refractivity (Wildman–Crippen MR) is 110 cm³/mol. The number of anilines is 1. The Labute approximate surface area is 160 Å². The molecule has 0 spiro atoms. The molecular formula is C22H25ClN2O. The fraction of sp³-hybridized carbons (Fsp3) is 0.318.